The number of piperidine rings is 1. The number of aliphatic carboxylic acids is 2. The van der Waals surface area contributed by atoms with Crippen molar-refractivity contribution in [2.75, 3.05) is 46.8 Å². The van der Waals surface area contributed by atoms with Crippen molar-refractivity contribution in [2.24, 2.45) is 5.41 Å². The lowest BCUT2D eigenvalue weighted by Gasteiger charge is -2.39. The molecular weight excluding hydrogens is 531 g/mol. The number of nitrogens with zero attached hydrogens (tertiary/aromatic N) is 3. The molecule has 8 nitrogen and oxygen atoms in total. The molecule has 0 bridgehead atoms. The van der Waals surface area contributed by atoms with E-state index in [-0.39, 0.29) is 11.7 Å². The molecule has 0 atom stereocenters. The van der Waals surface area contributed by atoms with Gasteiger partial charge in [-0.3, -0.25) is 14.6 Å². The Morgan fingerprint density at radius 3 is 1.74 bits per heavy atom. The van der Waals surface area contributed by atoms with Crippen LogP contribution in [0.25, 0.3) is 0 Å². The number of carboxylic acids is 2. The summed E-state index contributed by atoms with van der Waals surface area (Å²) in [4.78, 5) is 36.1. The standard InChI is InChI=1S/C19H28FN3O.2C2HF3O2/c1-21(2)18(24)14-23-11-8-19(15-23)6-9-22(10-7-19)13-16-4-3-5-17(20)12-16;2*3-2(4,5)1(6)7/h3-5,12H,6-11,13-15H2,1-2H3;2*(H,6,7). The van der Waals surface area contributed by atoms with Gasteiger partial charge >= 0.3 is 24.3 Å². The first-order valence-electron chi connectivity index (χ1n) is 11.3. The minimum atomic E-state index is -5.08. The molecule has 15 heteroatoms. The van der Waals surface area contributed by atoms with Crippen LogP contribution in [0.1, 0.15) is 24.8 Å². The SMILES string of the molecule is CN(C)C(=O)CN1CCC2(CCN(Cc3cccc(F)c3)CC2)C1.O=C(O)C(F)(F)F.O=C(O)C(F)(F)F. The first-order valence-corrected chi connectivity index (χ1v) is 11.3. The van der Waals surface area contributed by atoms with Gasteiger partial charge in [0, 0.05) is 27.2 Å². The van der Waals surface area contributed by atoms with Crippen LogP contribution in [0.15, 0.2) is 24.3 Å². The van der Waals surface area contributed by atoms with Crippen LogP contribution in [-0.4, -0.2) is 102 Å². The normalized spacial score (nSPS) is 17.6. The molecule has 1 spiro atoms. The van der Waals surface area contributed by atoms with Gasteiger partial charge in [0.05, 0.1) is 6.54 Å². The molecule has 2 aliphatic rings. The molecule has 2 aliphatic heterocycles. The van der Waals surface area contributed by atoms with Crippen LogP contribution >= 0.6 is 0 Å². The van der Waals surface area contributed by atoms with Gasteiger partial charge in [-0.2, -0.15) is 26.3 Å². The number of amides is 1. The van der Waals surface area contributed by atoms with Crippen molar-refractivity contribution in [3.05, 3.63) is 35.6 Å². The molecule has 216 valence electrons. The number of likely N-dealkylation sites (N-methyl/N-ethyl adjacent to an activating group) is 1. The van der Waals surface area contributed by atoms with E-state index < -0.39 is 24.3 Å². The van der Waals surface area contributed by atoms with Crippen LogP contribution in [0.4, 0.5) is 30.7 Å². The summed E-state index contributed by atoms with van der Waals surface area (Å²) in [5.41, 5.74) is 1.43. The van der Waals surface area contributed by atoms with Crippen molar-refractivity contribution in [1.82, 2.24) is 14.7 Å². The van der Waals surface area contributed by atoms with Crippen molar-refractivity contribution < 1.29 is 55.3 Å². The van der Waals surface area contributed by atoms with E-state index in [0.29, 0.717) is 12.0 Å². The molecule has 2 saturated heterocycles. The van der Waals surface area contributed by atoms with Crippen LogP contribution < -0.4 is 0 Å². The predicted molar refractivity (Wildman–Crippen MR) is 120 cm³/mol. The molecule has 3 rings (SSSR count). The highest BCUT2D eigenvalue weighted by atomic mass is 19.4. The van der Waals surface area contributed by atoms with E-state index in [1.165, 1.54) is 25.3 Å². The quantitative estimate of drug-likeness (QED) is 0.543. The lowest BCUT2D eigenvalue weighted by Crippen LogP contribution is -2.42. The number of rotatable bonds is 4. The number of likely N-dealkylation sites (tertiary alicyclic amines) is 2. The Labute approximate surface area is 214 Å². The Hall–Kier alpha value is -2.94. The van der Waals surface area contributed by atoms with Crippen molar-refractivity contribution >= 4 is 17.8 Å². The summed E-state index contributed by atoms with van der Waals surface area (Å²) in [6.07, 6.45) is -6.62. The first-order chi connectivity index (χ1) is 17.3. The molecule has 0 radical (unpaired) electrons. The number of hydrogen-bond donors (Lipinski definition) is 2. The molecule has 2 fully saturated rings. The summed E-state index contributed by atoms with van der Waals surface area (Å²) < 4.78 is 76.8. The third-order valence-corrected chi connectivity index (χ3v) is 6.07. The van der Waals surface area contributed by atoms with E-state index in [1.807, 2.05) is 20.2 Å². The average molecular weight is 561 g/mol. The molecule has 38 heavy (non-hydrogen) atoms. The number of carboxylic acid groups (broad SMARTS) is 2. The van der Waals surface area contributed by atoms with Crippen molar-refractivity contribution in [3.8, 4) is 0 Å². The maximum atomic E-state index is 13.3. The van der Waals surface area contributed by atoms with Crippen LogP contribution in [0, 0.1) is 11.2 Å². The summed E-state index contributed by atoms with van der Waals surface area (Å²) in [5, 5.41) is 14.2. The number of carbonyl (C=O) groups is 3. The molecule has 0 saturated carbocycles. The lowest BCUT2D eigenvalue weighted by molar-refractivity contribution is -0.193. The number of halogens is 7. The summed E-state index contributed by atoms with van der Waals surface area (Å²) in [5.74, 6) is -5.48. The largest absolute Gasteiger partial charge is 0.490 e. The Bertz CT molecular complexity index is 922. The highest BCUT2D eigenvalue weighted by Crippen LogP contribution is 2.40. The Morgan fingerprint density at radius 2 is 1.34 bits per heavy atom. The second kappa shape index (κ2) is 13.7. The van der Waals surface area contributed by atoms with E-state index >= 15 is 0 Å². The van der Waals surface area contributed by atoms with Crippen molar-refractivity contribution in [2.45, 2.75) is 38.2 Å². The molecule has 0 unspecified atom stereocenters. The van der Waals surface area contributed by atoms with Crippen molar-refractivity contribution in [3.63, 3.8) is 0 Å². The van der Waals surface area contributed by atoms with Gasteiger partial charge in [-0.05, 0) is 62.0 Å². The molecule has 1 aromatic carbocycles. The molecule has 2 heterocycles. The maximum absolute atomic E-state index is 13.3. The van der Waals surface area contributed by atoms with Crippen molar-refractivity contribution in [1.29, 1.82) is 0 Å². The predicted octanol–water partition coefficient (Wildman–Crippen LogP) is 3.47. The van der Waals surface area contributed by atoms with E-state index in [0.717, 1.165) is 38.3 Å². The van der Waals surface area contributed by atoms with Gasteiger partial charge < -0.3 is 15.1 Å². The monoisotopic (exact) mass is 561 g/mol. The highest BCUT2D eigenvalue weighted by Gasteiger charge is 2.41. The Balaban J connectivity index is 0.000000426. The van der Waals surface area contributed by atoms with Crippen LogP contribution in [0.2, 0.25) is 0 Å². The van der Waals surface area contributed by atoms with E-state index in [4.69, 9.17) is 19.8 Å². The molecule has 1 amide bonds. The van der Waals surface area contributed by atoms with E-state index in [2.05, 4.69) is 9.80 Å². The average Bonchev–Trinajstić information content (AvgIpc) is 3.17. The number of carbonyl (C=O) groups excluding carboxylic acids is 1. The first kappa shape index (κ1) is 33.1. The van der Waals surface area contributed by atoms with Gasteiger partial charge in [-0.25, -0.2) is 14.0 Å². The lowest BCUT2D eigenvalue weighted by atomic mass is 9.77. The molecule has 1 aromatic rings. The number of benzene rings is 1. The van der Waals surface area contributed by atoms with Crippen LogP contribution in [0.3, 0.4) is 0 Å². The van der Waals surface area contributed by atoms with Gasteiger partial charge in [-0.15, -0.1) is 0 Å². The molecule has 0 aliphatic carbocycles. The Kier molecular flexibility index (Phi) is 12.0. The summed E-state index contributed by atoms with van der Waals surface area (Å²) in [6.45, 7) is 5.57. The third kappa shape index (κ3) is 11.6. The zero-order chi connectivity index (χ0) is 29.3. The van der Waals surface area contributed by atoms with Gasteiger partial charge in [0.2, 0.25) is 5.91 Å². The fourth-order valence-corrected chi connectivity index (χ4v) is 3.98. The highest BCUT2D eigenvalue weighted by molar-refractivity contribution is 5.77. The van der Waals surface area contributed by atoms with Gasteiger partial charge in [0.15, 0.2) is 0 Å². The smallest absolute Gasteiger partial charge is 0.475 e. The maximum Gasteiger partial charge on any atom is 0.490 e. The van der Waals surface area contributed by atoms with Crippen LogP contribution in [0.5, 0.6) is 0 Å². The number of hydrogen-bond acceptors (Lipinski definition) is 5. The fraction of sp³-hybridized carbons (Fsp3) is 0.609. The van der Waals surface area contributed by atoms with Gasteiger partial charge in [-0.1, -0.05) is 12.1 Å². The fourth-order valence-electron chi connectivity index (χ4n) is 3.98. The second-order valence-electron chi connectivity index (χ2n) is 9.26. The minimum Gasteiger partial charge on any atom is -0.475 e. The number of alkyl halides is 6. The summed E-state index contributed by atoms with van der Waals surface area (Å²) in [6, 6.07) is 6.91. The molecule has 2 N–H and O–H groups in total. The zero-order valence-electron chi connectivity index (χ0n) is 20.8. The second-order valence-corrected chi connectivity index (χ2v) is 9.26. The van der Waals surface area contributed by atoms with Crippen LogP contribution in [-0.2, 0) is 20.9 Å². The zero-order valence-corrected chi connectivity index (χ0v) is 20.8. The molecule has 0 aromatic heterocycles. The van der Waals surface area contributed by atoms with E-state index in [1.54, 1.807) is 17.0 Å². The van der Waals surface area contributed by atoms with E-state index in [9.17, 15) is 35.5 Å². The summed E-state index contributed by atoms with van der Waals surface area (Å²) in [7, 11) is 3.64. The summed E-state index contributed by atoms with van der Waals surface area (Å²) >= 11 is 0. The molecular formula is C23H30F7N3O5. The third-order valence-electron chi connectivity index (χ3n) is 6.07. The topological polar surface area (TPSA) is 101 Å². The Morgan fingerprint density at radius 1 is 0.895 bits per heavy atom. The van der Waals surface area contributed by atoms with Gasteiger partial charge in [0.25, 0.3) is 0 Å². The minimum absolute atomic E-state index is 0.155. The van der Waals surface area contributed by atoms with Gasteiger partial charge in [0.1, 0.15) is 5.82 Å².